The SMILES string of the molecule is O=Cc1cc(O)c(OCc2ccccc2)cc1Br. The van der Waals surface area contributed by atoms with E-state index in [0.717, 1.165) is 5.56 Å². The zero-order valence-electron chi connectivity index (χ0n) is 9.47. The van der Waals surface area contributed by atoms with Crippen LogP contribution >= 0.6 is 15.9 Å². The van der Waals surface area contributed by atoms with Gasteiger partial charge in [0.25, 0.3) is 0 Å². The molecule has 0 radical (unpaired) electrons. The number of hydrogen-bond acceptors (Lipinski definition) is 3. The Morgan fingerprint density at radius 1 is 1.22 bits per heavy atom. The molecule has 0 saturated carbocycles. The molecule has 0 unspecified atom stereocenters. The van der Waals surface area contributed by atoms with Crippen LogP contribution in [0.5, 0.6) is 11.5 Å². The number of carbonyl (C=O) groups is 1. The van der Waals surface area contributed by atoms with E-state index >= 15 is 0 Å². The first-order valence-corrected chi connectivity index (χ1v) is 6.14. The Morgan fingerprint density at radius 2 is 1.94 bits per heavy atom. The van der Waals surface area contributed by atoms with Crippen LogP contribution in [0.4, 0.5) is 0 Å². The summed E-state index contributed by atoms with van der Waals surface area (Å²) in [5.41, 5.74) is 1.40. The molecular formula is C14H11BrO3. The number of aromatic hydroxyl groups is 1. The molecule has 0 aromatic heterocycles. The van der Waals surface area contributed by atoms with Crippen LogP contribution in [0.15, 0.2) is 46.9 Å². The van der Waals surface area contributed by atoms with Gasteiger partial charge in [0.05, 0.1) is 0 Å². The lowest BCUT2D eigenvalue weighted by Gasteiger charge is -2.09. The summed E-state index contributed by atoms with van der Waals surface area (Å²) in [5, 5.41) is 9.72. The Labute approximate surface area is 113 Å². The van der Waals surface area contributed by atoms with Gasteiger partial charge in [-0.1, -0.05) is 30.3 Å². The molecular weight excluding hydrogens is 296 g/mol. The molecule has 0 saturated heterocycles. The number of phenolic OH excluding ortho intramolecular Hbond substituents is 1. The van der Waals surface area contributed by atoms with Crippen LogP contribution in [0.25, 0.3) is 0 Å². The molecule has 1 N–H and O–H groups in total. The second-order valence-corrected chi connectivity index (χ2v) is 4.59. The highest BCUT2D eigenvalue weighted by Crippen LogP contribution is 2.32. The lowest BCUT2D eigenvalue weighted by molar-refractivity contribution is 0.112. The van der Waals surface area contributed by atoms with E-state index in [9.17, 15) is 9.90 Å². The second-order valence-electron chi connectivity index (χ2n) is 3.73. The highest BCUT2D eigenvalue weighted by atomic mass is 79.9. The van der Waals surface area contributed by atoms with Gasteiger partial charge in [0.15, 0.2) is 17.8 Å². The largest absolute Gasteiger partial charge is 0.504 e. The van der Waals surface area contributed by atoms with Crippen molar-refractivity contribution >= 4 is 22.2 Å². The summed E-state index contributed by atoms with van der Waals surface area (Å²) >= 11 is 3.25. The molecule has 2 aromatic rings. The molecule has 2 rings (SSSR count). The molecule has 0 fully saturated rings. The maximum atomic E-state index is 10.7. The number of ether oxygens (including phenoxy) is 1. The number of phenols is 1. The molecule has 3 nitrogen and oxygen atoms in total. The van der Waals surface area contributed by atoms with Crippen LogP contribution in [-0.4, -0.2) is 11.4 Å². The second kappa shape index (κ2) is 5.69. The van der Waals surface area contributed by atoms with Gasteiger partial charge in [-0.05, 0) is 33.6 Å². The predicted molar refractivity (Wildman–Crippen MR) is 72.0 cm³/mol. The number of rotatable bonds is 4. The summed E-state index contributed by atoms with van der Waals surface area (Å²) in [6, 6.07) is 12.6. The third kappa shape index (κ3) is 2.90. The Kier molecular flexibility index (Phi) is 3.99. The fourth-order valence-electron chi connectivity index (χ4n) is 1.50. The maximum absolute atomic E-state index is 10.7. The van der Waals surface area contributed by atoms with Crippen LogP contribution < -0.4 is 4.74 Å². The van der Waals surface area contributed by atoms with Crippen LogP contribution in [0, 0.1) is 0 Å². The summed E-state index contributed by atoms with van der Waals surface area (Å²) in [6.45, 7) is 0.362. The molecule has 0 spiro atoms. The quantitative estimate of drug-likeness (QED) is 0.879. The summed E-state index contributed by atoms with van der Waals surface area (Å²) in [7, 11) is 0. The summed E-state index contributed by atoms with van der Waals surface area (Å²) in [5.74, 6) is 0.299. The minimum absolute atomic E-state index is 0.0452. The van der Waals surface area contributed by atoms with E-state index in [4.69, 9.17) is 4.74 Å². The van der Waals surface area contributed by atoms with Crippen molar-refractivity contribution in [2.75, 3.05) is 0 Å². The Morgan fingerprint density at radius 3 is 2.61 bits per heavy atom. The number of halogens is 1. The lowest BCUT2D eigenvalue weighted by Crippen LogP contribution is -1.96. The van der Waals surface area contributed by atoms with Gasteiger partial charge >= 0.3 is 0 Å². The summed E-state index contributed by atoms with van der Waals surface area (Å²) in [4.78, 5) is 10.7. The van der Waals surface area contributed by atoms with Crippen molar-refractivity contribution < 1.29 is 14.6 Å². The van der Waals surface area contributed by atoms with Gasteiger partial charge in [-0.3, -0.25) is 4.79 Å². The Hall–Kier alpha value is -1.81. The highest BCUT2D eigenvalue weighted by Gasteiger charge is 2.08. The first kappa shape index (κ1) is 12.6. The fraction of sp³-hybridized carbons (Fsp3) is 0.0714. The molecule has 92 valence electrons. The minimum atomic E-state index is -0.0452. The molecule has 0 amide bonds. The molecule has 0 aliphatic heterocycles. The van der Waals surface area contributed by atoms with E-state index < -0.39 is 0 Å². The standard InChI is InChI=1S/C14H11BrO3/c15-12-7-14(13(17)6-11(12)8-16)18-9-10-4-2-1-3-5-10/h1-8,17H,9H2. The third-order valence-electron chi connectivity index (χ3n) is 2.44. The molecule has 0 aliphatic carbocycles. The van der Waals surface area contributed by atoms with Crippen LogP contribution in [0.1, 0.15) is 15.9 Å². The molecule has 18 heavy (non-hydrogen) atoms. The maximum Gasteiger partial charge on any atom is 0.162 e. The van der Waals surface area contributed by atoms with E-state index in [1.165, 1.54) is 6.07 Å². The van der Waals surface area contributed by atoms with E-state index in [2.05, 4.69) is 15.9 Å². The van der Waals surface area contributed by atoms with Crippen LogP contribution in [-0.2, 0) is 6.61 Å². The van der Waals surface area contributed by atoms with E-state index in [0.29, 0.717) is 28.7 Å². The van der Waals surface area contributed by atoms with Gasteiger partial charge < -0.3 is 9.84 Å². The van der Waals surface area contributed by atoms with Crippen LogP contribution in [0.2, 0.25) is 0 Å². The first-order valence-electron chi connectivity index (χ1n) is 5.35. The highest BCUT2D eigenvalue weighted by molar-refractivity contribution is 9.10. The van der Waals surface area contributed by atoms with Gasteiger partial charge in [0.1, 0.15) is 6.61 Å². The van der Waals surface area contributed by atoms with E-state index in [-0.39, 0.29) is 5.75 Å². The first-order chi connectivity index (χ1) is 8.70. The lowest BCUT2D eigenvalue weighted by atomic mass is 10.2. The van der Waals surface area contributed by atoms with Crippen molar-refractivity contribution in [2.24, 2.45) is 0 Å². The summed E-state index contributed by atoms with van der Waals surface area (Å²) < 4.78 is 6.10. The van der Waals surface area contributed by atoms with E-state index in [1.54, 1.807) is 6.07 Å². The van der Waals surface area contributed by atoms with Gasteiger partial charge in [-0.15, -0.1) is 0 Å². The monoisotopic (exact) mass is 306 g/mol. The molecule has 0 bridgehead atoms. The smallest absolute Gasteiger partial charge is 0.162 e. The number of aldehydes is 1. The van der Waals surface area contributed by atoms with Crippen molar-refractivity contribution in [3.05, 3.63) is 58.1 Å². The molecule has 0 atom stereocenters. The Balaban J connectivity index is 2.15. The van der Waals surface area contributed by atoms with E-state index in [1.807, 2.05) is 30.3 Å². The average Bonchev–Trinajstić information content (AvgIpc) is 2.40. The molecule has 2 aromatic carbocycles. The zero-order valence-corrected chi connectivity index (χ0v) is 11.1. The number of carbonyl (C=O) groups excluding carboxylic acids is 1. The Bertz CT molecular complexity index is 552. The summed E-state index contributed by atoms with van der Waals surface area (Å²) in [6.07, 6.45) is 0.671. The van der Waals surface area contributed by atoms with Crippen molar-refractivity contribution in [1.82, 2.24) is 0 Å². The molecule has 4 heteroatoms. The molecule has 0 heterocycles. The fourth-order valence-corrected chi connectivity index (χ4v) is 1.92. The normalized spacial score (nSPS) is 10.1. The van der Waals surface area contributed by atoms with Gasteiger partial charge in [-0.25, -0.2) is 0 Å². The predicted octanol–water partition coefficient (Wildman–Crippen LogP) is 3.55. The third-order valence-corrected chi connectivity index (χ3v) is 3.13. The van der Waals surface area contributed by atoms with Gasteiger partial charge in [0.2, 0.25) is 0 Å². The van der Waals surface area contributed by atoms with Gasteiger partial charge in [-0.2, -0.15) is 0 Å². The van der Waals surface area contributed by atoms with Crippen molar-refractivity contribution in [1.29, 1.82) is 0 Å². The zero-order chi connectivity index (χ0) is 13.0. The molecule has 0 aliphatic rings. The topological polar surface area (TPSA) is 46.5 Å². The van der Waals surface area contributed by atoms with Crippen molar-refractivity contribution in [3.8, 4) is 11.5 Å². The number of hydrogen-bond donors (Lipinski definition) is 1. The van der Waals surface area contributed by atoms with Crippen LogP contribution in [0.3, 0.4) is 0 Å². The van der Waals surface area contributed by atoms with Crippen molar-refractivity contribution in [3.63, 3.8) is 0 Å². The minimum Gasteiger partial charge on any atom is -0.504 e. The van der Waals surface area contributed by atoms with Crippen molar-refractivity contribution in [2.45, 2.75) is 6.61 Å². The number of benzene rings is 2. The average molecular weight is 307 g/mol. The van der Waals surface area contributed by atoms with Gasteiger partial charge in [0, 0.05) is 10.0 Å².